The fraction of sp³-hybridized carbons (Fsp3) is 0.150. The predicted octanol–water partition coefficient (Wildman–Crippen LogP) is 3.85. The van der Waals surface area contributed by atoms with Crippen LogP contribution < -0.4 is 11.1 Å². The van der Waals surface area contributed by atoms with Crippen molar-refractivity contribution in [1.82, 2.24) is 5.32 Å². The van der Waals surface area contributed by atoms with Gasteiger partial charge in [0.1, 0.15) is 0 Å². The summed E-state index contributed by atoms with van der Waals surface area (Å²) in [5.41, 5.74) is 10.6. The topological polar surface area (TPSA) is 55.1 Å². The number of amides is 1. The zero-order valence-corrected chi connectivity index (χ0v) is 14.2. The molecule has 0 unspecified atom stereocenters. The molecule has 0 aliphatic rings. The van der Waals surface area contributed by atoms with Crippen molar-refractivity contribution in [3.05, 3.63) is 82.0 Å². The quantitative estimate of drug-likeness (QED) is 0.644. The van der Waals surface area contributed by atoms with Gasteiger partial charge in [-0.05, 0) is 64.2 Å². The molecular weight excluding hydrogens is 316 g/mol. The third-order valence-corrected chi connectivity index (χ3v) is 4.67. The zero-order chi connectivity index (χ0) is 16.8. The second kappa shape index (κ2) is 7.90. The normalized spacial score (nSPS) is 10.7. The van der Waals surface area contributed by atoms with E-state index < -0.39 is 5.91 Å². The molecule has 0 aliphatic heterocycles. The van der Waals surface area contributed by atoms with Crippen LogP contribution in [0.2, 0.25) is 0 Å². The molecule has 0 spiro atoms. The Morgan fingerprint density at radius 1 is 1.00 bits per heavy atom. The Morgan fingerprint density at radius 3 is 2.54 bits per heavy atom. The van der Waals surface area contributed by atoms with Gasteiger partial charge in [-0.25, -0.2) is 0 Å². The molecule has 0 radical (unpaired) electrons. The molecule has 2 aromatic carbocycles. The summed E-state index contributed by atoms with van der Waals surface area (Å²) >= 11 is 1.74. The van der Waals surface area contributed by atoms with Crippen LogP contribution in [0.15, 0.2) is 65.4 Å². The molecular formula is C20H20N2OS. The van der Waals surface area contributed by atoms with E-state index in [-0.39, 0.29) is 0 Å². The van der Waals surface area contributed by atoms with Crippen molar-refractivity contribution in [2.45, 2.75) is 13.0 Å². The number of nitrogens with one attached hydrogen (secondary N) is 1. The average molecular weight is 336 g/mol. The molecule has 0 bridgehead atoms. The van der Waals surface area contributed by atoms with Gasteiger partial charge in [0.05, 0.1) is 0 Å². The van der Waals surface area contributed by atoms with Gasteiger partial charge in [0.25, 0.3) is 0 Å². The van der Waals surface area contributed by atoms with Crippen molar-refractivity contribution in [1.29, 1.82) is 0 Å². The van der Waals surface area contributed by atoms with Crippen molar-refractivity contribution in [2.24, 2.45) is 5.73 Å². The highest BCUT2D eigenvalue weighted by molar-refractivity contribution is 7.07. The summed E-state index contributed by atoms with van der Waals surface area (Å²) in [6, 6.07) is 18.0. The maximum Gasteiger partial charge on any atom is 0.248 e. The van der Waals surface area contributed by atoms with E-state index in [4.69, 9.17) is 5.73 Å². The first-order chi connectivity index (χ1) is 11.7. The van der Waals surface area contributed by atoms with Gasteiger partial charge in [-0.3, -0.25) is 4.79 Å². The van der Waals surface area contributed by atoms with Crippen LogP contribution in [0.3, 0.4) is 0 Å². The molecule has 3 N–H and O–H groups in total. The third kappa shape index (κ3) is 4.31. The summed E-state index contributed by atoms with van der Waals surface area (Å²) in [6.07, 6.45) is 1.06. The number of primary amides is 1. The van der Waals surface area contributed by atoms with Gasteiger partial charge in [0.15, 0.2) is 0 Å². The third-order valence-electron chi connectivity index (χ3n) is 3.93. The number of carbonyl (C=O) groups is 1. The van der Waals surface area contributed by atoms with E-state index in [1.807, 2.05) is 18.2 Å². The molecule has 0 saturated carbocycles. The molecule has 24 heavy (non-hydrogen) atoms. The summed E-state index contributed by atoms with van der Waals surface area (Å²) in [4.78, 5) is 11.3. The molecule has 3 nitrogen and oxygen atoms in total. The number of hydrogen-bond acceptors (Lipinski definition) is 3. The molecule has 0 aliphatic carbocycles. The molecule has 1 amide bonds. The van der Waals surface area contributed by atoms with E-state index in [0.29, 0.717) is 5.56 Å². The van der Waals surface area contributed by atoms with Gasteiger partial charge >= 0.3 is 0 Å². The number of nitrogens with two attached hydrogens (primary N) is 1. The minimum absolute atomic E-state index is 0.400. The Morgan fingerprint density at radius 2 is 1.83 bits per heavy atom. The molecule has 1 heterocycles. The molecule has 3 aromatic rings. The fourth-order valence-corrected chi connectivity index (χ4v) is 3.27. The number of rotatable bonds is 7. The molecule has 0 saturated heterocycles. The van der Waals surface area contributed by atoms with E-state index in [2.05, 4.69) is 46.4 Å². The lowest BCUT2D eigenvalue weighted by Gasteiger charge is -2.07. The summed E-state index contributed by atoms with van der Waals surface area (Å²) in [6.45, 7) is 1.82. The van der Waals surface area contributed by atoms with Gasteiger partial charge in [0.2, 0.25) is 5.91 Å². The molecule has 0 atom stereocenters. The highest BCUT2D eigenvalue weighted by Gasteiger charge is 2.03. The zero-order valence-electron chi connectivity index (χ0n) is 13.4. The lowest BCUT2D eigenvalue weighted by molar-refractivity contribution is 0.100. The van der Waals surface area contributed by atoms with Crippen LogP contribution in [0.5, 0.6) is 0 Å². The number of carbonyl (C=O) groups excluding carboxylic acids is 1. The lowest BCUT2D eigenvalue weighted by atomic mass is 10.0. The molecule has 1 aromatic heterocycles. The van der Waals surface area contributed by atoms with E-state index in [1.165, 1.54) is 11.1 Å². The first-order valence-corrected chi connectivity index (χ1v) is 8.87. The van der Waals surface area contributed by atoms with Gasteiger partial charge in [0, 0.05) is 12.1 Å². The second-order valence-corrected chi connectivity index (χ2v) is 6.48. The van der Waals surface area contributed by atoms with E-state index in [0.717, 1.165) is 30.6 Å². The van der Waals surface area contributed by atoms with E-state index in [1.54, 1.807) is 17.4 Å². The Hall–Kier alpha value is -2.43. The van der Waals surface area contributed by atoms with Crippen molar-refractivity contribution in [3.63, 3.8) is 0 Å². The van der Waals surface area contributed by atoms with Crippen LogP contribution >= 0.6 is 11.3 Å². The summed E-state index contributed by atoms with van der Waals surface area (Å²) < 4.78 is 0. The first-order valence-electron chi connectivity index (χ1n) is 7.93. The maximum atomic E-state index is 11.3. The minimum Gasteiger partial charge on any atom is -0.366 e. The standard InChI is InChI=1S/C20H20N2OS/c21-20(23)19-3-1-2-18(12-19)17-6-4-15(5-7-17)13-22-10-8-16-9-11-24-14-16/h1-7,9,11-12,14,22H,8,10,13H2,(H2,21,23). The average Bonchev–Trinajstić information content (AvgIpc) is 3.13. The summed E-state index contributed by atoms with van der Waals surface area (Å²) in [5, 5.41) is 7.77. The summed E-state index contributed by atoms with van der Waals surface area (Å²) in [5.74, 6) is -0.400. The highest BCUT2D eigenvalue weighted by Crippen LogP contribution is 2.21. The van der Waals surface area contributed by atoms with Gasteiger partial charge in [-0.15, -0.1) is 0 Å². The molecule has 4 heteroatoms. The van der Waals surface area contributed by atoms with Gasteiger partial charge in [-0.1, -0.05) is 36.4 Å². The molecule has 122 valence electrons. The van der Waals surface area contributed by atoms with Crippen molar-refractivity contribution < 1.29 is 4.79 Å². The van der Waals surface area contributed by atoms with Crippen LogP contribution in [-0.2, 0) is 13.0 Å². The lowest BCUT2D eigenvalue weighted by Crippen LogP contribution is -2.16. The fourth-order valence-electron chi connectivity index (χ4n) is 2.57. The van der Waals surface area contributed by atoms with Crippen molar-refractivity contribution in [3.8, 4) is 11.1 Å². The largest absolute Gasteiger partial charge is 0.366 e. The number of thiophene rings is 1. The number of hydrogen-bond donors (Lipinski definition) is 2. The first kappa shape index (κ1) is 16.4. The summed E-state index contributed by atoms with van der Waals surface area (Å²) in [7, 11) is 0. The Labute approximate surface area is 146 Å². The van der Waals surface area contributed by atoms with Crippen LogP contribution in [0.4, 0.5) is 0 Å². The van der Waals surface area contributed by atoms with E-state index in [9.17, 15) is 4.79 Å². The van der Waals surface area contributed by atoms with Crippen molar-refractivity contribution in [2.75, 3.05) is 6.54 Å². The van der Waals surface area contributed by atoms with Gasteiger partial charge in [-0.2, -0.15) is 11.3 Å². The maximum absolute atomic E-state index is 11.3. The minimum atomic E-state index is -0.400. The van der Waals surface area contributed by atoms with E-state index >= 15 is 0 Å². The van der Waals surface area contributed by atoms with Crippen LogP contribution in [0, 0.1) is 0 Å². The molecule has 0 fully saturated rings. The Kier molecular flexibility index (Phi) is 5.41. The van der Waals surface area contributed by atoms with Crippen LogP contribution in [0.25, 0.3) is 11.1 Å². The van der Waals surface area contributed by atoms with Crippen LogP contribution in [0.1, 0.15) is 21.5 Å². The number of benzene rings is 2. The Bertz CT molecular complexity index is 795. The Balaban J connectivity index is 1.57. The monoisotopic (exact) mass is 336 g/mol. The molecule has 3 rings (SSSR count). The smallest absolute Gasteiger partial charge is 0.248 e. The highest BCUT2D eigenvalue weighted by atomic mass is 32.1. The second-order valence-electron chi connectivity index (χ2n) is 5.70. The SMILES string of the molecule is NC(=O)c1cccc(-c2ccc(CNCCc3ccsc3)cc2)c1. The predicted molar refractivity (Wildman–Crippen MR) is 100 cm³/mol. The van der Waals surface area contributed by atoms with Gasteiger partial charge < -0.3 is 11.1 Å². The van der Waals surface area contributed by atoms with Crippen LogP contribution in [-0.4, -0.2) is 12.5 Å². The van der Waals surface area contributed by atoms with Crippen molar-refractivity contribution >= 4 is 17.2 Å².